The van der Waals surface area contributed by atoms with Crippen molar-refractivity contribution in [1.29, 1.82) is 0 Å². The number of pyridine rings is 1. The zero-order valence-corrected chi connectivity index (χ0v) is 12.7. The Morgan fingerprint density at radius 3 is 2.43 bits per heavy atom. The van der Waals surface area contributed by atoms with Crippen LogP contribution in [0.3, 0.4) is 0 Å². The Kier molecular flexibility index (Phi) is 3.68. The molecule has 1 aliphatic heterocycles. The molecule has 6 heteroatoms. The van der Waals surface area contributed by atoms with Gasteiger partial charge in [-0.1, -0.05) is 13.0 Å². The highest BCUT2D eigenvalue weighted by Gasteiger charge is 2.23. The van der Waals surface area contributed by atoms with Crippen molar-refractivity contribution in [2.24, 2.45) is 7.05 Å². The summed E-state index contributed by atoms with van der Waals surface area (Å²) in [6.45, 7) is 5.85. The second-order valence-electron chi connectivity index (χ2n) is 5.32. The van der Waals surface area contributed by atoms with Gasteiger partial charge in [0.1, 0.15) is 5.82 Å². The maximum atomic E-state index is 6.24. The molecule has 1 aliphatic rings. The predicted octanol–water partition coefficient (Wildman–Crippen LogP) is 1.29. The standard InChI is InChI=1S/C15H22N6/c1-3-12-14(16)15(19(2)18-12)21-10-8-20(9-11-21)13-6-4-5-7-17-13/h4-7H,3,8-11,16H2,1-2H3. The Morgan fingerprint density at radius 1 is 1.14 bits per heavy atom. The van der Waals surface area contributed by atoms with Crippen LogP contribution in [0.4, 0.5) is 17.3 Å². The van der Waals surface area contributed by atoms with Crippen LogP contribution in [-0.2, 0) is 13.5 Å². The number of nitrogen functional groups attached to an aromatic ring is 1. The smallest absolute Gasteiger partial charge is 0.150 e. The molecule has 3 heterocycles. The SMILES string of the molecule is CCc1nn(C)c(N2CCN(c3ccccn3)CC2)c1N. The average Bonchev–Trinajstić information content (AvgIpc) is 2.82. The minimum atomic E-state index is 0.825. The van der Waals surface area contributed by atoms with Gasteiger partial charge in [-0.25, -0.2) is 4.98 Å². The maximum Gasteiger partial charge on any atom is 0.150 e. The third kappa shape index (κ3) is 2.53. The van der Waals surface area contributed by atoms with Crippen LogP contribution in [0.5, 0.6) is 0 Å². The molecule has 0 saturated carbocycles. The minimum Gasteiger partial charge on any atom is -0.394 e. The Balaban J connectivity index is 1.73. The van der Waals surface area contributed by atoms with Gasteiger partial charge in [0, 0.05) is 39.4 Å². The van der Waals surface area contributed by atoms with Gasteiger partial charge in [-0.15, -0.1) is 0 Å². The summed E-state index contributed by atoms with van der Waals surface area (Å²) in [7, 11) is 1.97. The number of aromatic nitrogens is 3. The molecule has 0 amide bonds. The molecule has 0 radical (unpaired) electrons. The van der Waals surface area contributed by atoms with E-state index in [0.717, 1.165) is 55.6 Å². The second-order valence-corrected chi connectivity index (χ2v) is 5.32. The van der Waals surface area contributed by atoms with Gasteiger partial charge in [0.05, 0.1) is 11.4 Å². The lowest BCUT2D eigenvalue weighted by Gasteiger charge is -2.36. The van der Waals surface area contributed by atoms with Crippen LogP contribution in [0.2, 0.25) is 0 Å². The lowest BCUT2D eigenvalue weighted by molar-refractivity contribution is 0.620. The van der Waals surface area contributed by atoms with Gasteiger partial charge < -0.3 is 15.5 Å². The number of hydrogen-bond acceptors (Lipinski definition) is 5. The molecule has 21 heavy (non-hydrogen) atoms. The highest BCUT2D eigenvalue weighted by atomic mass is 15.4. The largest absolute Gasteiger partial charge is 0.394 e. The average molecular weight is 286 g/mol. The molecule has 0 unspecified atom stereocenters. The van der Waals surface area contributed by atoms with E-state index in [4.69, 9.17) is 5.73 Å². The number of nitrogens with zero attached hydrogens (tertiary/aromatic N) is 5. The molecule has 2 aromatic heterocycles. The van der Waals surface area contributed by atoms with Crippen molar-refractivity contribution in [3.8, 4) is 0 Å². The van der Waals surface area contributed by atoms with Crippen LogP contribution in [0.25, 0.3) is 0 Å². The lowest BCUT2D eigenvalue weighted by Crippen LogP contribution is -2.47. The zero-order valence-electron chi connectivity index (χ0n) is 12.7. The highest BCUT2D eigenvalue weighted by Crippen LogP contribution is 2.27. The topological polar surface area (TPSA) is 63.2 Å². The van der Waals surface area contributed by atoms with E-state index in [0.29, 0.717) is 0 Å². The Hall–Kier alpha value is -2.24. The van der Waals surface area contributed by atoms with E-state index < -0.39 is 0 Å². The summed E-state index contributed by atoms with van der Waals surface area (Å²) < 4.78 is 1.91. The summed E-state index contributed by atoms with van der Waals surface area (Å²) in [5.74, 6) is 2.09. The predicted molar refractivity (Wildman–Crippen MR) is 85.7 cm³/mol. The molecular formula is C15H22N6. The quantitative estimate of drug-likeness (QED) is 0.921. The Labute approximate surface area is 125 Å². The van der Waals surface area contributed by atoms with Gasteiger partial charge in [0.2, 0.25) is 0 Å². The number of hydrogen-bond donors (Lipinski definition) is 1. The van der Waals surface area contributed by atoms with Gasteiger partial charge >= 0.3 is 0 Å². The van der Waals surface area contributed by atoms with E-state index in [2.05, 4.69) is 32.9 Å². The molecule has 2 aromatic rings. The minimum absolute atomic E-state index is 0.825. The fourth-order valence-corrected chi connectivity index (χ4v) is 2.91. The van der Waals surface area contributed by atoms with Gasteiger partial charge in [-0.05, 0) is 18.6 Å². The zero-order chi connectivity index (χ0) is 14.8. The molecule has 2 N–H and O–H groups in total. The van der Waals surface area contributed by atoms with Gasteiger partial charge in [-0.3, -0.25) is 4.68 Å². The van der Waals surface area contributed by atoms with E-state index in [-0.39, 0.29) is 0 Å². The van der Waals surface area contributed by atoms with Gasteiger partial charge in [-0.2, -0.15) is 5.10 Å². The normalized spacial score (nSPS) is 15.5. The monoisotopic (exact) mass is 286 g/mol. The van der Waals surface area contributed by atoms with Crippen molar-refractivity contribution in [3.63, 3.8) is 0 Å². The third-order valence-electron chi connectivity index (χ3n) is 4.02. The first-order valence-corrected chi connectivity index (χ1v) is 7.43. The summed E-state index contributed by atoms with van der Waals surface area (Å²) in [6.07, 6.45) is 2.71. The number of aryl methyl sites for hydroxylation is 2. The summed E-state index contributed by atoms with van der Waals surface area (Å²) in [6, 6.07) is 6.03. The Bertz CT molecular complexity index is 598. The van der Waals surface area contributed by atoms with Crippen molar-refractivity contribution in [1.82, 2.24) is 14.8 Å². The fraction of sp³-hybridized carbons (Fsp3) is 0.467. The molecule has 0 aliphatic carbocycles. The summed E-state index contributed by atoms with van der Waals surface area (Å²) >= 11 is 0. The van der Waals surface area contributed by atoms with E-state index in [1.807, 2.05) is 30.1 Å². The van der Waals surface area contributed by atoms with Crippen LogP contribution in [0.1, 0.15) is 12.6 Å². The number of piperazine rings is 1. The molecule has 3 rings (SSSR count). The number of nitrogens with two attached hydrogens (primary N) is 1. The van der Waals surface area contributed by atoms with Crippen molar-refractivity contribution in [2.45, 2.75) is 13.3 Å². The Morgan fingerprint density at radius 2 is 1.86 bits per heavy atom. The van der Waals surface area contributed by atoms with E-state index in [1.165, 1.54) is 0 Å². The van der Waals surface area contributed by atoms with Crippen molar-refractivity contribution < 1.29 is 0 Å². The maximum absolute atomic E-state index is 6.24. The molecule has 6 nitrogen and oxygen atoms in total. The molecule has 112 valence electrons. The second kappa shape index (κ2) is 5.63. The first-order chi connectivity index (χ1) is 10.2. The molecule has 0 spiro atoms. The molecule has 1 fully saturated rings. The van der Waals surface area contributed by atoms with Crippen LogP contribution >= 0.6 is 0 Å². The van der Waals surface area contributed by atoms with Crippen LogP contribution in [0, 0.1) is 0 Å². The fourth-order valence-electron chi connectivity index (χ4n) is 2.91. The van der Waals surface area contributed by atoms with E-state index in [1.54, 1.807) is 0 Å². The van der Waals surface area contributed by atoms with Crippen molar-refractivity contribution >= 4 is 17.3 Å². The molecule has 1 saturated heterocycles. The molecule has 0 bridgehead atoms. The van der Waals surface area contributed by atoms with E-state index >= 15 is 0 Å². The first kappa shape index (κ1) is 13.7. The highest BCUT2D eigenvalue weighted by molar-refractivity contribution is 5.67. The van der Waals surface area contributed by atoms with Crippen LogP contribution < -0.4 is 15.5 Å². The van der Waals surface area contributed by atoms with Crippen molar-refractivity contribution in [2.75, 3.05) is 41.7 Å². The van der Waals surface area contributed by atoms with Gasteiger partial charge in [0.15, 0.2) is 5.82 Å². The van der Waals surface area contributed by atoms with Crippen LogP contribution in [0.15, 0.2) is 24.4 Å². The number of anilines is 3. The summed E-state index contributed by atoms with van der Waals surface area (Å²) in [5.41, 5.74) is 8.05. The summed E-state index contributed by atoms with van der Waals surface area (Å²) in [5, 5.41) is 4.51. The first-order valence-electron chi connectivity index (χ1n) is 7.43. The molecule has 0 atom stereocenters. The third-order valence-corrected chi connectivity index (χ3v) is 4.02. The summed E-state index contributed by atoms with van der Waals surface area (Å²) in [4.78, 5) is 9.05. The molecular weight excluding hydrogens is 264 g/mol. The lowest BCUT2D eigenvalue weighted by atomic mass is 10.2. The number of rotatable bonds is 3. The van der Waals surface area contributed by atoms with Crippen molar-refractivity contribution in [3.05, 3.63) is 30.1 Å². The molecule has 0 aromatic carbocycles. The van der Waals surface area contributed by atoms with Gasteiger partial charge in [0.25, 0.3) is 0 Å². The van der Waals surface area contributed by atoms with E-state index in [9.17, 15) is 0 Å². The van der Waals surface area contributed by atoms with Crippen LogP contribution in [-0.4, -0.2) is 40.9 Å².